The number of anilines is 1. The lowest BCUT2D eigenvalue weighted by Gasteiger charge is -2.24. The highest BCUT2D eigenvalue weighted by Crippen LogP contribution is 2.36. The Bertz CT molecular complexity index is 653. The van der Waals surface area contributed by atoms with E-state index in [-0.39, 0.29) is 5.82 Å². The van der Waals surface area contributed by atoms with Crippen molar-refractivity contribution < 1.29 is 4.39 Å². The summed E-state index contributed by atoms with van der Waals surface area (Å²) in [7, 11) is 0. The van der Waals surface area contributed by atoms with Crippen LogP contribution in [0.4, 0.5) is 10.1 Å². The van der Waals surface area contributed by atoms with Crippen LogP contribution in [0.15, 0.2) is 30.5 Å². The van der Waals surface area contributed by atoms with Gasteiger partial charge in [-0.15, -0.1) is 0 Å². The number of aromatic nitrogens is 2. The third kappa shape index (κ3) is 3.67. The highest BCUT2D eigenvalue weighted by molar-refractivity contribution is 5.59. The molecule has 0 bridgehead atoms. The highest BCUT2D eigenvalue weighted by atomic mass is 19.1. The van der Waals surface area contributed by atoms with Crippen LogP contribution in [0.3, 0.4) is 0 Å². The first-order valence-electron chi connectivity index (χ1n) is 8.35. The summed E-state index contributed by atoms with van der Waals surface area (Å²) >= 11 is 0. The van der Waals surface area contributed by atoms with E-state index in [1.165, 1.54) is 25.3 Å². The minimum atomic E-state index is -0.287. The Hall–Kier alpha value is -2.01. The average molecular weight is 314 g/mol. The number of nitrogens with one attached hydrogen (secondary N) is 1. The van der Waals surface area contributed by atoms with Crippen molar-refractivity contribution in [1.82, 2.24) is 9.97 Å². The molecule has 1 aromatic heterocycles. The van der Waals surface area contributed by atoms with Crippen LogP contribution in [-0.4, -0.2) is 23.1 Å². The van der Waals surface area contributed by atoms with Crippen LogP contribution < -0.4 is 11.1 Å². The Morgan fingerprint density at radius 1 is 1.17 bits per heavy atom. The second-order valence-corrected chi connectivity index (χ2v) is 6.02. The van der Waals surface area contributed by atoms with Gasteiger partial charge < -0.3 is 11.1 Å². The number of rotatable bonds is 5. The van der Waals surface area contributed by atoms with Gasteiger partial charge >= 0.3 is 0 Å². The minimum Gasteiger partial charge on any atom is -0.381 e. The molecule has 1 aliphatic carbocycles. The van der Waals surface area contributed by atoms with Crippen LogP contribution in [0.2, 0.25) is 0 Å². The number of hydrogen-bond donors (Lipinski definition) is 2. The van der Waals surface area contributed by atoms with Crippen LogP contribution in [-0.2, 0) is 0 Å². The first-order valence-corrected chi connectivity index (χ1v) is 8.35. The molecule has 2 aromatic rings. The van der Waals surface area contributed by atoms with Crippen LogP contribution in [0, 0.1) is 5.82 Å². The van der Waals surface area contributed by atoms with Crippen molar-refractivity contribution in [2.45, 2.75) is 38.0 Å². The predicted molar refractivity (Wildman–Crippen MR) is 90.8 cm³/mol. The minimum absolute atomic E-state index is 0.287. The Kier molecular flexibility index (Phi) is 5.18. The van der Waals surface area contributed by atoms with E-state index in [4.69, 9.17) is 10.7 Å². The number of nitrogens with zero attached hydrogens (tertiary/aromatic N) is 2. The van der Waals surface area contributed by atoms with Crippen molar-refractivity contribution in [2.75, 3.05) is 18.4 Å². The number of benzene rings is 1. The predicted octanol–water partition coefficient (Wildman–Crippen LogP) is 3.70. The molecule has 1 aliphatic rings. The molecule has 1 aromatic carbocycles. The van der Waals surface area contributed by atoms with Crippen LogP contribution in [0.25, 0.3) is 11.4 Å². The number of halogens is 1. The van der Waals surface area contributed by atoms with Crippen molar-refractivity contribution in [1.29, 1.82) is 0 Å². The van der Waals surface area contributed by atoms with E-state index in [0.717, 1.165) is 24.2 Å². The fourth-order valence-corrected chi connectivity index (χ4v) is 3.20. The van der Waals surface area contributed by atoms with Gasteiger partial charge in [0.1, 0.15) is 5.82 Å². The van der Waals surface area contributed by atoms with Gasteiger partial charge in [0.15, 0.2) is 5.82 Å². The molecule has 1 saturated carbocycles. The molecule has 0 unspecified atom stereocenters. The SMILES string of the molecule is NCCNc1cnc(-c2ccccc2F)nc1C1CCCCC1. The summed E-state index contributed by atoms with van der Waals surface area (Å²) in [5.74, 6) is 0.587. The van der Waals surface area contributed by atoms with E-state index < -0.39 is 0 Å². The van der Waals surface area contributed by atoms with Crippen LogP contribution in [0.1, 0.15) is 43.7 Å². The number of hydrogen-bond acceptors (Lipinski definition) is 4. The fraction of sp³-hybridized carbons (Fsp3) is 0.444. The van der Waals surface area contributed by atoms with Gasteiger partial charge in [0.2, 0.25) is 0 Å². The Morgan fingerprint density at radius 2 is 1.96 bits per heavy atom. The largest absolute Gasteiger partial charge is 0.381 e. The Labute approximate surface area is 136 Å². The molecule has 4 nitrogen and oxygen atoms in total. The summed E-state index contributed by atoms with van der Waals surface area (Å²) in [5.41, 5.74) is 7.99. The lowest BCUT2D eigenvalue weighted by atomic mass is 9.86. The molecule has 0 radical (unpaired) electrons. The van der Waals surface area contributed by atoms with Crippen molar-refractivity contribution >= 4 is 5.69 Å². The maximum Gasteiger partial charge on any atom is 0.162 e. The first-order chi connectivity index (χ1) is 11.3. The quantitative estimate of drug-likeness (QED) is 0.883. The molecule has 3 N–H and O–H groups in total. The Balaban J connectivity index is 1.98. The second kappa shape index (κ2) is 7.51. The third-order valence-corrected chi connectivity index (χ3v) is 4.38. The van der Waals surface area contributed by atoms with E-state index >= 15 is 0 Å². The maximum absolute atomic E-state index is 14.0. The number of nitrogens with two attached hydrogens (primary N) is 1. The molecule has 5 heteroatoms. The van der Waals surface area contributed by atoms with Crippen LogP contribution >= 0.6 is 0 Å². The van der Waals surface area contributed by atoms with E-state index in [0.29, 0.717) is 30.4 Å². The molecular weight excluding hydrogens is 291 g/mol. The van der Waals surface area contributed by atoms with Gasteiger partial charge in [-0.25, -0.2) is 14.4 Å². The topological polar surface area (TPSA) is 63.8 Å². The summed E-state index contributed by atoms with van der Waals surface area (Å²) in [6.07, 6.45) is 7.76. The molecule has 0 atom stereocenters. The summed E-state index contributed by atoms with van der Waals surface area (Å²) in [5, 5.41) is 3.31. The van der Waals surface area contributed by atoms with Gasteiger partial charge in [0.25, 0.3) is 0 Å². The smallest absolute Gasteiger partial charge is 0.162 e. The van der Waals surface area contributed by atoms with Gasteiger partial charge in [0.05, 0.1) is 23.1 Å². The zero-order valence-corrected chi connectivity index (χ0v) is 13.3. The zero-order valence-electron chi connectivity index (χ0n) is 13.3. The van der Waals surface area contributed by atoms with Gasteiger partial charge in [-0.1, -0.05) is 31.4 Å². The first kappa shape index (κ1) is 15.9. The van der Waals surface area contributed by atoms with E-state index in [9.17, 15) is 4.39 Å². The van der Waals surface area contributed by atoms with Crippen molar-refractivity contribution in [3.63, 3.8) is 0 Å². The molecule has 3 rings (SSSR count). The molecule has 0 amide bonds. The highest BCUT2D eigenvalue weighted by Gasteiger charge is 2.21. The third-order valence-electron chi connectivity index (χ3n) is 4.38. The molecule has 0 spiro atoms. The molecule has 1 heterocycles. The van der Waals surface area contributed by atoms with Gasteiger partial charge in [-0.3, -0.25) is 0 Å². The normalized spacial score (nSPS) is 15.6. The van der Waals surface area contributed by atoms with Gasteiger partial charge in [-0.2, -0.15) is 0 Å². The van der Waals surface area contributed by atoms with E-state index in [1.807, 2.05) is 6.07 Å². The Morgan fingerprint density at radius 3 is 2.70 bits per heavy atom. The molecule has 1 fully saturated rings. The molecule has 122 valence electrons. The van der Waals surface area contributed by atoms with E-state index in [1.54, 1.807) is 18.3 Å². The standard InChI is InChI=1S/C18H23FN4/c19-15-9-5-4-8-14(15)18-22-12-16(21-11-10-20)17(23-18)13-6-2-1-3-7-13/h4-5,8-9,12-13,21H,1-3,6-7,10-11,20H2. The summed E-state index contributed by atoms with van der Waals surface area (Å²) < 4.78 is 14.0. The second-order valence-electron chi connectivity index (χ2n) is 6.02. The maximum atomic E-state index is 14.0. The van der Waals surface area contributed by atoms with Gasteiger partial charge in [0, 0.05) is 19.0 Å². The molecule has 0 aliphatic heterocycles. The van der Waals surface area contributed by atoms with E-state index in [2.05, 4.69) is 10.3 Å². The molecule has 0 saturated heterocycles. The van der Waals surface area contributed by atoms with Gasteiger partial charge in [-0.05, 0) is 25.0 Å². The summed E-state index contributed by atoms with van der Waals surface area (Å²) in [6.45, 7) is 1.24. The molecular formula is C18H23FN4. The average Bonchev–Trinajstić information content (AvgIpc) is 2.61. The zero-order chi connectivity index (χ0) is 16.1. The van der Waals surface area contributed by atoms with Crippen LogP contribution in [0.5, 0.6) is 0 Å². The van der Waals surface area contributed by atoms with Crippen molar-refractivity contribution in [3.05, 3.63) is 42.0 Å². The summed E-state index contributed by atoms with van der Waals surface area (Å²) in [6, 6.07) is 6.66. The monoisotopic (exact) mass is 314 g/mol. The fourth-order valence-electron chi connectivity index (χ4n) is 3.20. The lowest BCUT2D eigenvalue weighted by molar-refractivity contribution is 0.437. The molecule has 23 heavy (non-hydrogen) atoms. The lowest BCUT2D eigenvalue weighted by Crippen LogP contribution is -2.17. The summed E-state index contributed by atoms with van der Waals surface area (Å²) in [4.78, 5) is 9.09. The van der Waals surface area contributed by atoms with Crippen molar-refractivity contribution in [3.8, 4) is 11.4 Å². The van der Waals surface area contributed by atoms with Crippen molar-refractivity contribution in [2.24, 2.45) is 5.73 Å².